The summed E-state index contributed by atoms with van der Waals surface area (Å²) in [5, 5.41) is 6.63. The Kier molecular flexibility index (Phi) is 9.56. The third-order valence-corrected chi connectivity index (χ3v) is 6.95. The van der Waals surface area contributed by atoms with Gasteiger partial charge in [-0.1, -0.05) is 48.5 Å². The molecule has 8 heteroatoms. The van der Waals surface area contributed by atoms with Crippen LogP contribution in [0.3, 0.4) is 0 Å². The molecule has 3 aromatic rings. The second-order valence-electron chi connectivity index (χ2n) is 9.40. The first kappa shape index (κ1) is 27.4. The largest absolute Gasteiger partial charge is 0.496 e. The van der Waals surface area contributed by atoms with Crippen LogP contribution in [-0.4, -0.2) is 57.3 Å². The van der Waals surface area contributed by atoms with E-state index < -0.39 is 0 Å². The molecule has 1 aliphatic rings. The highest BCUT2D eigenvalue weighted by Crippen LogP contribution is 2.34. The predicted molar refractivity (Wildman–Crippen MR) is 145 cm³/mol. The fourth-order valence-electron chi connectivity index (χ4n) is 4.94. The summed E-state index contributed by atoms with van der Waals surface area (Å²) in [5.41, 5.74) is 2.69. The normalized spacial score (nSPS) is 17.3. The van der Waals surface area contributed by atoms with Gasteiger partial charge in [-0.25, -0.2) is 4.39 Å². The fraction of sp³-hybridized carbons (Fsp3) is 0.367. The van der Waals surface area contributed by atoms with Crippen LogP contribution < -0.4 is 24.8 Å². The number of ether oxygens (including phenoxy) is 3. The van der Waals surface area contributed by atoms with E-state index in [0.29, 0.717) is 55.3 Å². The van der Waals surface area contributed by atoms with E-state index in [4.69, 9.17) is 14.2 Å². The number of hydrogen-bond donors (Lipinski definition) is 2. The van der Waals surface area contributed by atoms with Crippen LogP contribution in [0, 0.1) is 5.82 Å². The van der Waals surface area contributed by atoms with Crippen molar-refractivity contribution in [2.24, 2.45) is 0 Å². The Morgan fingerprint density at radius 2 is 1.61 bits per heavy atom. The highest BCUT2D eigenvalue weighted by Gasteiger charge is 2.36. The molecule has 1 aliphatic heterocycles. The Labute approximate surface area is 223 Å². The lowest BCUT2D eigenvalue weighted by Crippen LogP contribution is -2.43. The zero-order chi connectivity index (χ0) is 26.9. The van der Waals surface area contributed by atoms with Crippen LogP contribution in [0.15, 0.2) is 66.7 Å². The van der Waals surface area contributed by atoms with Crippen LogP contribution in [0.5, 0.6) is 17.2 Å². The molecule has 1 amide bonds. The minimum absolute atomic E-state index is 0.0368. The van der Waals surface area contributed by atoms with Gasteiger partial charge in [0.2, 0.25) is 5.91 Å². The molecule has 3 aromatic carbocycles. The Bertz CT molecular complexity index is 1210. The van der Waals surface area contributed by atoms with Crippen molar-refractivity contribution in [3.8, 4) is 17.2 Å². The molecule has 7 nitrogen and oxygen atoms in total. The molecule has 2 N–H and O–H groups in total. The molecule has 0 bridgehead atoms. The van der Waals surface area contributed by atoms with Crippen molar-refractivity contribution in [2.45, 2.75) is 38.0 Å². The number of nitrogens with zero attached hydrogens (tertiary/aromatic N) is 1. The summed E-state index contributed by atoms with van der Waals surface area (Å²) in [7, 11) is 4.83. The highest BCUT2D eigenvalue weighted by atomic mass is 19.1. The quantitative estimate of drug-likeness (QED) is 0.376. The van der Waals surface area contributed by atoms with Crippen molar-refractivity contribution in [3.05, 3.63) is 89.2 Å². The lowest BCUT2D eigenvalue weighted by atomic mass is 10.1. The number of likely N-dealkylation sites (tertiary alicyclic amines) is 1. The van der Waals surface area contributed by atoms with Gasteiger partial charge in [0.05, 0.1) is 27.4 Å². The number of halogens is 1. The first-order chi connectivity index (χ1) is 18.5. The number of carbonyl (C=O) groups is 1. The van der Waals surface area contributed by atoms with Crippen LogP contribution in [-0.2, 0) is 24.3 Å². The molecular formula is C30H36FN3O4. The van der Waals surface area contributed by atoms with Gasteiger partial charge in [0.25, 0.3) is 0 Å². The van der Waals surface area contributed by atoms with E-state index in [-0.39, 0.29) is 23.8 Å². The second kappa shape index (κ2) is 13.3. The molecule has 0 aromatic heterocycles. The predicted octanol–water partition coefficient (Wildman–Crippen LogP) is 3.94. The number of nitrogens with one attached hydrogen (secondary N) is 2. The van der Waals surface area contributed by atoms with Crippen LogP contribution >= 0.6 is 0 Å². The molecule has 1 fully saturated rings. The summed E-state index contributed by atoms with van der Waals surface area (Å²) in [5.74, 6) is 1.66. The van der Waals surface area contributed by atoms with Crippen LogP contribution in [0.2, 0.25) is 0 Å². The smallest absolute Gasteiger partial charge is 0.237 e. The molecular weight excluding hydrogens is 485 g/mol. The number of amides is 1. The number of benzene rings is 3. The minimum Gasteiger partial charge on any atom is -0.496 e. The van der Waals surface area contributed by atoms with Crippen molar-refractivity contribution in [2.75, 3.05) is 34.4 Å². The van der Waals surface area contributed by atoms with E-state index >= 15 is 0 Å². The summed E-state index contributed by atoms with van der Waals surface area (Å²) in [6.07, 6.45) is 1.11. The third-order valence-electron chi connectivity index (χ3n) is 6.95. The summed E-state index contributed by atoms with van der Waals surface area (Å²) < 4.78 is 30.4. The van der Waals surface area contributed by atoms with Crippen LogP contribution in [0.1, 0.15) is 23.1 Å². The summed E-state index contributed by atoms with van der Waals surface area (Å²) in [6.45, 7) is 2.32. The number of hydrogen-bond acceptors (Lipinski definition) is 6. The minimum atomic E-state index is -0.291. The van der Waals surface area contributed by atoms with E-state index in [0.717, 1.165) is 17.7 Å². The molecule has 2 atom stereocenters. The average Bonchev–Trinajstić information content (AvgIpc) is 3.35. The first-order valence-corrected chi connectivity index (χ1v) is 12.8. The lowest BCUT2D eigenvalue weighted by molar-refractivity contribution is -0.125. The number of rotatable bonds is 12. The van der Waals surface area contributed by atoms with Crippen molar-refractivity contribution < 1.29 is 23.4 Å². The van der Waals surface area contributed by atoms with E-state index in [2.05, 4.69) is 27.7 Å². The third kappa shape index (κ3) is 6.82. The lowest BCUT2D eigenvalue weighted by Gasteiger charge is -2.23. The second-order valence-corrected chi connectivity index (χ2v) is 9.40. The number of methoxy groups -OCH3 is 3. The maximum atomic E-state index is 14.0. The molecule has 202 valence electrons. The average molecular weight is 522 g/mol. The molecule has 1 saturated heterocycles. The van der Waals surface area contributed by atoms with Gasteiger partial charge < -0.3 is 24.8 Å². The molecule has 0 unspecified atom stereocenters. The van der Waals surface area contributed by atoms with Crippen LogP contribution in [0.4, 0.5) is 4.39 Å². The summed E-state index contributed by atoms with van der Waals surface area (Å²) in [6, 6.07) is 20.4. The molecule has 0 aliphatic carbocycles. The van der Waals surface area contributed by atoms with Gasteiger partial charge in [-0.2, -0.15) is 0 Å². The SMILES string of the molecule is COc1cc(OC)c(OC)cc1CN[C@H]1C[C@@H](C(=O)NCCc2ccccc2F)N(Cc2ccccc2)C1. The summed E-state index contributed by atoms with van der Waals surface area (Å²) >= 11 is 0. The van der Waals surface area contributed by atoms with Gasteiger partial charge in [-0.15, -0.1) is 0 Å². The zero-order valence-corrected chi connectivity index (χ0v) is 22.2. The Balaban J connectivity index is 1.42. The number of carbonyl (C=O) groups excluding carboxylic acids is 1. The zero-order valence-electron chi connectivity index (χ0n) is 22.2. The van der Waals surface area contributed by atoms with E-state index in [1.54, 1.807) is 33.5 Å². The van der Waals surface area contributed by atoms with Crippen molar-refractivity contribution in [3.63, 3.8) is 0 Å². The highest BCUT2D eigenvalue weighted by molar-refractivity contribution is 5.82. The van der Waals surface area contributed by atoms with Gasteiger partial charge in [-0.05, 0) is 36.1 Å². The topological polar surface area (TPSA) is 72.1 Å². The standard InChI is InChI=1S/C30H36FN3O4/c1-36-27-17-29(38-3)28(37-2)15-23(27)18-33-24-16-26(34(20-24)19-21-9-5-4-6-10-21)30(35)32-14-13-22-11-7-8-12-25(22)31/h4-12,15,17,24,26,33H,13-14,16,18-20H2,1-3H3,(H,32,35)/t24-,26-/m0/s1. The molecule has 1 heterocycles. The molecule has 0 radical (unpaired) electrons. The Morgan fingerprint density at radius 1 is 0.921 bits per heavy atom. The molecule has 4 rings (SSSR count). The van der Waals surface area contributed by atoms with Gasteiger partial charge in [-0.3, -0.25) is 9.69 Å². The summed E-state index contributed by atoms with van der Waals surface area (Å²) in [4.78, 5) is 15.5. The van der Waals surface area contributed by atoms with Crippen LogP contribution in [0.25, 0.3) is 0 Å². The van der Waals surface area contributed by atoms with Gasteiger partial charge in [0, 0.05) is 43.9 Å². The maximum Gasteiger partial charge on any atom is 0.237 e. The van der Waals surface area contributed by atoms with Gasteiger partial charge >= 0.3 is 0 Å². The monoisotopic (exact) mass is 521 g/mol. The van der Waals surface area contributed by atoms with Crippen molar-refractivity contribution in [1.29, 1.82) is 0 Å². The molecule has 38 heavy (non-hydrogen) atoms. The van der Waals surface area contributed by atoms with Gasteiger partial charge in [0.15, 0.2) is 11.5 Å². The fourth-order valence-corrected chi connectivity index (χ4v) is 4.94. The van der Waals surface area contributed by atoms with Crippen molar-refractivity contribution in [1.82, 2.24) is 15.5 Å². The Hall–Kier alpha value is -3.62. The first-order valence-electron chi connectivity index (χ1n) is 12.8. The molecule has 0 saturated carbocycles. The van der Waals surface area contributed by atoms with E-state index in [9.17, 15) is 9.18 Å². The van der Waals surface area contributed by atoms with Gasteiger partial charge in [0.1, 0.15) is 11.6 Å². The molecule has 0 spiro atoms. The van der Waals surface area contributed by atoms with E-state index in [1.807, 2.05) is 36.4 Å². The van der Waals surface area contributed by atoms with E-state index in [1.165, 1.54) is 6.07 Å². The Morgan fingerprint density at radius 3 is 2.32 bits per heavy atom. The maximum absolute atomic E-state index is 14.0. The van der Waals surface area contributed by atoms with Crippen molar-refractivity contribution >= 4 is 5.91 Å².